The van der Waals surface area contributed by atoms with Crippen molar-refractivity contribution in [1.82, 2.24) is 14.8 Å². The molecule has 106 valence electrons. The van der Waals surface area contributed by atoms with Crippen LogP contribution in [0.5, 0.6) is 0 Å². The molecule has 1 N–H and O–H groups in total. The lowest BCUT2D eigenvalue weighted by atomic mass is 10.2. The Labute approximate surface area is 128 Å². The molecule has 1 aromatic carbocycles. The number of hydrogen-bond donors (Lipinski definition) is 1. The number of aryl methyl sites for hydroxylation is 1. The van der Waals surface area contributed by atoms with E-state index in [0.717, 1.165) is 5.56 Å². The highest BCUT2D eigenvalue weighted by Gasteiger charge is 2.11. The van der Waals surface area contributed by atoms with Gasteiger partial charge in [0.05, 0.1) is 0 Å². The smallest absolute Gasteiger partial charge is 0.291 e. The summed E-state index contributed by atoms with van der Waals surface area (Å²) < 4.78 is 7.35. The molecular weight excluding hydrogens is 336 g/mol. The fourth-order valence-corrected chi connectivity index (χ4v) is 2.14. The molecule has 0 spiro atoms. The Morgan fingerprint density at radius 1 is 1.33 bits per heavy atom. The summed E-state index contributed by atoms with van der Waals surface area (Å²) in [4.78, 5) is 16.2. The summed E-state index contributed by atoms with van der Waals surface area (Å²) in [6, 6.07) is 10.6. The molecule has 6 nitrogen and oxygen atoms in total. The number of carbonyl (C=O) groups excluding carboxylic acids is 1. The highest BCUT2D eigenvalue weighted by Crippen LogP contribution is 2.20. The van der Waals surface area contributed by atoms with Crippen molar-refractivity contribution in [1.29, 1.82) is 0 Å². The molecule has 0 fully saturated rings. The summed E-state index contributed by atoms with van der Waals surface area (Å²) in [6.45, 7) is 0. The number of nitrogens with one attached hydrogen (secondary N) is 1. The van der Waals surface area contributed by atoms with Gasteiger partial charge in [-0.05, 0) is 40.2 Å². The summed E-state index contributed by atoms with van der Waals surface area (Å²) in [5.41, 5.74) is 1.48. The van der Waals surface area contributed by atoms with Crippen molar-refractivity contribution in [2.45, 2.75) is 0 Å². The summed E-state index contributed by atoms with van der Waals surface area (Å²) in [5, 5.41) is 7.00. The molecule has 1 amide bonds. The van der Waals surface area contributed by atoms with Crippen LogP contribution in [0.3, 0.4) is 0 Å². The average Bonchev–Trinajstić information content (AvgIpc) is 3.08. The first-order valence-corrected chi connectivity index (χ1v) is 6.94. The van der Waals surface area contributed by atoms with Gasteiger partial charge in [0.1, 0.15) is 6.33 Å². The van der Waals surface area contributed by atoms with Gasteiger partial charge in [0.15, 0.2) is 16.3 Å². The van der Waals surface area contributed by atoms with Crippen molar-refractivity contribution in [3.63, 3.8) is 0 Å². The SMILES string of the molecule is Cn1cnc(-c2cccc(NC(=O)c3ccc(Br)o3)c2)n1. The minimum absolute atomic E-state index is 0.239. The summed E-state index contributed by atoms with van der Waals surface area (Å²) in [5.74, 6) is 0.532. The Bertz CT molecular complexity index is 794. The second-order valence-electron chi connectivity index (χ2n) is 4.38. The minimum Gasteiger partial charge on any atom is -0.444 e. The van der Waals surface area contributed by atoms with Gasteiger partial charge in [-0.15, -0.1) is 0 Å². The molecule has 2 heterocycles. The van der Waals surface area contributed by atoms with Crippen molar-refractivity contribution >= 4 is 27.5 Å². The van der Waals surface area contributed by atoms with Crippen LogP contribution < -0.4 is 5.32 Å². The van der Waals surface area contributed by atoms with Gasteiger partial charge in [0.25, 0.3) is 5.91 Å². The number of halogens is 1. The fourth-order valence-electron chi connectivity index (χ4n) is 1.84. The van der Waals surface area contributed by atoms with E-state index in [0.29, 0.717) is 16.2 Å². The first-order valence-electron chi connectivity index (χ1n) is 6.14. The maximum absolute atomic E-state index is 12.0. The average molecular weight is 347 g/mol. The zero-order chi connectivity index (χ0) is 14.8. The van der Waals surface area contributed by atoms with Crippen LogP contribution in [0.2, 0.25) is 0 Å². The molecule has 0 aliphatic carbocycles. The maximum Gasteiger partial charge on any atom is 0.291 e. The van der Waals surface area contributed by atoms with E-state index in [2.05, 4.69) is 31.3 Å². The Hall–Kier alpha value is -2.41. The van der Waals surface area contributed by atoms with Crippen molar-refractivity contribution < 1.29 is 9.21 Å². The molecule has 2 aromatic heterocycles. The van der Waals surface area contributed by atoms with E-state index in [1.165, 1.54) is 0 Å². The number of anilines is 1. The molecule has 7 heteroatoms. The molecule has 21 heavy (non-hydrogen) atoms. The van der Waals surface area contributed by atoms with Crippen LogP contribution in [0.25, 0.3) is 11.4 Å². The van der Waals surface area contributed by atoms with Crippen LogP contribution in [0.1, 0.15) is 10.6 Å². The third kappa shape index (κ3) is 3.03. The van der Waals surface area contributed by atoms with Crippen molar-refractivity contribution in [2.75, 3.05) is 5.32 Å². The number of hydrogen-bond acceptors (Lipinski definition) is 4. The standard InChI is InChI=1S/C14H11BrN4O2/c1-19-8-16-13(18-19)9-3-2-4-10(7-9)17-14(20)11-5-6-12(15)21-11/h2-8H,1H3,(H,17,20). The Morgan fingerprint density at radius 2 is 2.19 bits per heavy atom. The second kappa shape index (κ2) is 5.53. The molecule has 0 saturated heterocycles. The maximum atomic E-state index is 12.0. The van der Waals surface area contributed by atoms with Crippen LogP contribution in [0.4, 0.5) is 5.69 Å². The van der Waals surface area contributed by atoms with Gasteiger partial charge in [0, 0.05) is 18.3 Å². The summed E-state index contributed by atoms with van der Waals surface area (Å²) in [6.07, 6.45) is 1.63. The third-order valence-corrected chi connectivity index (χ3v) is 3.20. The molecule has 0 aliphatic rings. The molecular formula is C14H11BrN4O2. The number of carbonyl (C=O) groups is 1. The van der Waals surface area contributed by atoms with E-state index in [1.54, 1.807) is 36.3 Å². The van der Waals surface area contributed by atoms with Crippen molar-refractivity contribution in [3.8, 4) is 11.4 Å². The Morgan fingerprint density at radius 3 is 2.86 bits per heavy atom. The second-order valence-corrected chi connectivity index (χ2v) is 5.16. The van der Waals surface area contributed by atoms with Crippen LogP contribution >= 0.6 is 15.9 Å². The van der Waals surface area contributed by atoms with Crippen molar-refractivity contribution in [2.24, 2.45) is 7.05 Å². The monoisotopic (exact) mass is 346 g/mol. The van der Waals surface area contributed by atoms with E-state index >= 15 is 0 Å². The van der Waals surface area contributed by atoms with Gasteiger partial charge in [-0.3, -0.25) is 9.48 Å². The van der Waals surface area contributed by atoms with Crippen LogP contribution in [0.15, 0.2) is 51.8 Å². The molecule has 3 rings (SSSR count). The number of rotatable bonds is 3. The lowest BCUT2D eigenvalue weighted by Gasteiger charge is -2.04. The van der Waals surface area contributed by atoms with Gasteiger partial charge in [-0.1, -0.05) is 12.1 Å². The first-order chi connectivity index (χ1) is 10.1. The quantitative estimate of drug-likeness (QED) is 0.790. The number of aromatic nitrogens is 3. The van der Waals surface area contributed by atoms with E-state index in [-0.39, 0.29) is 11.7 Å². The Kier molecular flexibility index (Phi) is 3.57. The van der Waals surface area contributed by atoms with Crippen LogP contribution in [-0.4, -0.2) is 20.7 Å². The topological polar surface area (TPSA) is 73.0 Å². The van der Waals surface area contributed by atoms with Gasteiger partial charge >= 0.3 is 0 Å². The zero-order valence-electron chi connectivity index (χ0n) is 11.1. The van der Waals surface area contributed by atoms with Gasteiger partial charge in [-0.25, -0.2) is 4.98 Å². The molecule has 0 radical (unpaired) electrons. The van der Waals surface area contributed by atoms with Crippen LogP contribution in [0, 0.1) is 0 Å². The van der Waals surface area contributed by atoms with E-state index in [1.807, 2.05) is 18.2 Å². The van der Waals surface area contributed by atoms with Gasteiger partial charge in [0.2, 0.25) is 0 Å². The lowest BCUT2D eigenvalue weighted by Crippen LogP contribution is -2.10. The number of benzene rings is 1. The molecule has 0 aliphatic heterocycles. The zero-order valence-corrected chi connectivity index (χ0v) is 12.7. The Balaban J connectivity index is 1.82. The minimum atomic E-state index is -0.313. The lowest BCUT2D eigenvalue weighted by molar-refractivity contribution is 0.0995. The molecule has 0 saturated carbocycles. The van der Waals surface area contributed by atoms with Gasteiger partial charge in [-0.2, -0.15) is 5.10 Å². The summed E-state index contributed by atoms with van der Waals surface area (Å²) >= 11 is 3.16. The molecule has 0 atom stereocenters. The van der Waals surface area contributed by atoms with E-state index in [4.69, 9.17) is 4.42 Å². The van der Waals surface area contributed by atoms with E-state index in [9.17, 15) is 4.79 Å². The number of furan rings is 1. The first kappa shape index (κ1) is 13.6. The predicted octanol–water partition coefficient (Wildman–Crippen LogP) is 3.09. The largest absolute Gasteiger partial charge is 0.444 e. The molecule has 3 aromatic rings. The third-order valence-electron chi connectivity index (χ3n) is 2.78. The van der Waals surface area contributed by atoms with Gasteiger partial charge < -0.3 is 9.73 Å². The van der Waals surface area contributed by atoms with Crippen LogP contribution in [-0.2, 0) is 7.05 Å². The van der Waals surface area contributed by atoms with E-state index < -0.39 is 0 Å². The fraction of sp³-hybridized carbons (Fsp3) is 0.0714. The highest BCUT2D eigenvalue weighted by atomic mass is 79.9. The predicted molar refractivity (Wildman–Crippen MR) is 80.8 cm³/mol. The van der Waals surface area contributed by atoms with Crippen molar-refractivity contribution in [3.05, 3.63) is 53.2 Å². The normalized spacial score (nSPS) is 10.6. The number of amides is 1. The summed E-state index contributed by atoms with van der Waals surface area (Å²) in [7, 11) is 1.80. The molecule has 0 bridgehead atoms. The highest BCUT2D eigenvalue weighted by molar-refractivity contribution is 9.10. The number of nitrogens with zero attached hydrogens (tertiary/aromatic N) is 3. The molecule has 0 unspecified atom stereocenters.